The third-order valence-electron chi connectivity index (χ3n) is 4.41. The van der Waals surface area contributed by atoms with Gasteiger partial charge in [0.1, 0.15) is 23.6 Å². The molecule has 2 unspecified atom stereocenters. The molecule has 1 amide bonds. The smallest absolute Gasteiger partial charge is 0.269 e. The Morgan fingerprint density at radius 3 is 2.71 bits per heavy atom. The van der Waals surface area contributed by atoms with E-state index < -0.39 is 11.0 Å². The number of hydrogen-bond acceptors (Lipinski definition) is 6. The number of hydrogen-bond donors (Lipinski definition) is 2. The maximum atomic E-state index is 12.5. The van der Waals surface area contributed by atoms with E-state index >= 15 is 0 Å². The van der Waals surface area contributed by atoms with Gasteiger partial charge in [0, 0.05) is 35.9 Å². The standard InChI is InChI=1S/C20H23N3O5/c1-4-27-19-10-14-9-12(2)28-18(14)11-17(19)21-13(3)20(24)22-15-5-7-16(8-6-15)23(25)26/h5-8,10-13,21H,4,9H2,1-3H3,(H,22,24). The number of fused-ring (bicyclic) bond motifs is 1. The van der Waals surface area contributed by atoms with Crippen LogP contribution >= 0.6 is 0 Å². The summed E-state index contributed by atoms with van der Waals surface area (Å²) >= 11 is 0. The van der Waals surface area contributed by atoms with Gasteiger partial charge in [-0.05, 0) is 39.0 Å². The van der Waals surface area contributed by atoms with E-state index in [0.717, 1.165) is 17.7 Å². The van der Waals surface area contributed by atoms with Crippen LogP contribution in [0, 0.1) is 10.1 Å². The van der Waals surface area contributed by atoms with Crippen LogP contribution in [0.5, 0.6) is 11.5 Å². The van der Waals surface area contributed by atoms with Gasteiger partial charge in [-0.2, -0.15) is 0 Å². The van der Waals surface area contributed by atoms with Gasteiger partial charge in [-0.1, -0.05) is 0 Å². The molecule has 0 saturated carbocycles. The van der Waals surface area contributed by atoms with Gasteiger partial charge in [-0.3, -0.25) is 14.9 Å². The van der Waals surface area contributed by atoms with Crippen LogP contribution < -0.4 is 20.1 Å². The third-order valence-corrected chi connectivity index (χ3v) is 4.41. The van der Waals surface area contributed by atoms with Gasteiger partial charge in [-0.25, -0.2) is 0 Å². The molecule has 0 radical (unpaired) electrons. The lowest BCUT2D eigenvalue weighted by Crippen LogP contribution is -2.32. The summed E-state index contributed by atoms with van der Waals surface area (Å²) in [5.41, 5.74) is 2.23. The van der Waals surface area contributed by atoms with E-state index in [4.69, 9.17) is 9.47 Å². The Morgan fingerprint density at radius 1 is 1.36 bits per heavy atom. The zero-order valence-electron chi connectivity index (χ0n) is 16.0. The fraction of sp³-hybridized carbons (Fsp3) is 0.350. The van der Waals surface area contributed by atoms with Crippen molar-refractivity contribution in [2.75, 3.05) is 17.2 Å². The Kier molecular flexibility index (Phi) is 5.67. The number of ether oxygens (including phenoxy) is 2. The molecule has 0 fully saturated rings. The molecule has 0 aliphatic carbocycles. The quantitative estimate of drug-likeness (QED) is 0.556. The van der Waals surface area contributed by atoms with Crippen molar-refractivity contribution in [3.05, 3.63) is 52.1 Å². The highest BCUT2D eigenvalue weighted by molar-refractivity contribution is 5.96. The molecule has 0 saturated heterocycles. The first-order valence-corrected chi connectivity index (χ1v) is 9.15. The van der Waals surface area contributed by atoms with E-state index in [0.29, 0.717) is 23.7 Å². The summed E-state index contributed by atoms with van der Waals surface area (Å²) in [5, 5.41) is 16.6. The van der Waals surface area contributed by atoms with E-state index in [1.807, 2.05) is 26.0 Å². The van der Waals surface area contributed by atoms with Crippen molar-refractivity contribution >= 4 is 23.0 Å². The normalized spacial score (nSPS) is 15.9. The van der Waals surface area contributed by atoms with Crippen molar-refractivity contribution in [1.29, 1.82) is 0 Å². The zero-order valence-corrected chi connectivity index (χ0v) is 16.0. The summed E-state index contributed by atoms with van der Waals surface area (Å²) in [6.07, 6.45) is 0.939. The van der Waals surface area contributed by atoms with Crippen LogP contribution in [0.1, 0.15) is 26.3 Å². The first-order valence-electron chi connectivity index (χ1n) is 9.15. The van der Waals surface area contributed by atoms with Gasteiger partial charge in [-0.15, -0.1) is 0 Å². The third kappa shape index (κ3) is 4.33. The Hall–Kier alpha value is -3.29. The average Bonchev–Trinajstić information content (AvgIpc) is 3.01. The maximum absolute atomic E-state index is 12.5. The highest BCUT2D eigenvalue weighted by Crippen LogP contribution is 2.38. The first-order chi connectivity index (χ1) is 13.4. The van der Waals surface area contributed by atoms with Crippen LogP contribution in [0.15, 0.2) is 36.4 Å². The molecule has 2 N–H and O–H groups in total. The minimum absolute atomic E-state index is 0.0297. The lowest BCUT2D eigenvalue weighted by molar-refractivity contribution is -0.384. The number of non-ortho nitro benzene ring substituents is 1. The molecule has 8 nitrogen and oxygen atoms in total. The van der Waals surface area contributed by atoms with E-state index in [-0.39, 0.29) is 17.7 Å². The molecule has 1 aliphatic heterocycles. The number of nitrogens with zero attached hydrogens (tertiary/aromatic N) is 1. The van der Waals surface area contributed by atoms with Crippen LogP contribution in [-0.2, 0) is 11.2 Å². The van der Waals surface area contributed by atoms with Crippen molar-refractivity contribution in [2.24, 2.45) is 0 Å². The number of anilines is 2. The Morgan fingerprint density at radius 2 is 2.07 bits per heavy atom. The second-order valence-electron chi connectivity index (χ2n) is 6.68. The van der Waals surface area contributed by atoms with Gasteiger partial charge in [0.2, 0.25) is 5.91 Å². The minimum Gasteiger partial charge on any atom is -0.492 e. The van der Waals surface area contributed by atoms with Gasteiger partial charge in [0.05, 0.1) is 17.2 Å². The van der Waals surface area contributed by atoms with Crippen LogP contribution in [-0.4, -0.2) is 29.6 Å². The molecule has 2 atom stereocenters. The lowest BCUT2D eigenvalue weighted by Gasteiger charge is -2.19. The maximum Gasteiger partial charge on any atom is 0.269 e. The highest BCUT2D eigenvalue weighted by Gasteiger charge is 2.23. The number of rotatable bonds is 7. The van der Waals surface area contributed by atoms with Crippen molar-refractivity contribution in [2.45, 2.75) is 39.3 Å². The summed E-state index contributed by atoms with van der Waals surface area (Å²) in [6.45, 7) is 6.15. The molecule has 8 heteroatoms. The predicted octanol–water partition coefficient (Wildman–Crippen LogP) is 3.76. The molecule has 1 aliphatic rings. The molecule has 148 valence electrons. The first kappa shape index (κ1) is 19.5. The van der Waals surface area contributed by atoms with Gasteiger partial charge >= 0.3 is 0 Å². The highest BCUT2D eigenvalue weighted by atomic mass is 16.6. The number of amides is 1. The number of nitro benzene ring substituents is 1. The molecular weight excluding hydrogens is 362 g/mol. The van der Waals surface area contributed by atoms with Crippen molar-refractivity contribution < 1.29 is 19.2 Å². The number of carbonyl (C=O) groups excluding carboxylic acids is 1. The molecule has 0 aromatic heterocycles. The summed E-state index contributed by atoms with van der Waals surface area (Å²) in [5.74, 6) is 1.20. The molecule has 0 spiro atoms. The summed E-state index contributed by atoms with van der Waals surface area (Å²) in [4.78, 5) is 22.7. The minimum atomic E-state index is -0.564. The van der Waals surface area contributed by atoms with Crippen LogP contribution in [0.3, 0.4) is 0 Å². The molecule has 3 rings (SSSR count). The fourth-order valence-corrected chi connectivity index (χ4v) is 3.04. The predicted molar refractivity (Wildman–Crippen MR) is 106 cm³/mol. The number of carbonyl (C=O) groups is 1. The fourth-order valence-electron chi connectivity index (χ4n) is 3.04. The van der Waals surface area contributed by atoms with Gasteiger partial charge in [0.15, 0.2) is 0 Å². The second kappa shape index (κ2) is 8.16. The second-order valence-corrected chi connectivity index (χ2v) is 6.68. The lowest BCUT2D eigenvalue weighted by atomic mass is 10.1. The molecule has 1 heterocycles. The molecular formula is C20H23N3O5. The van der Waals surface area contributed by atoms with Crippen LogP contribution in [0.2, 0.25) is 0 Å². The largest absolute Gasteiger partial charge is 0.492 e. The zero-order chi connectivity index (χ0) is 20.3. The number of nitro groups is 1. The molecule has 28 heavy (non-hydrogen) atoms. The summed E-state index contributed by atoms with van der Waals surface area (Å²) in [7, 11) is 0. The van der Waals surface area contributed by atoms with Crippen LogP contribution in [0.4, 0.5) is 17.1 Å². The monoisotopic (exact) mass is 385 g/mol. The number of benzene rings is 2. The van der Waals surface area contributed by atoms with Crippen molar-refractivity contribution in [1.82, 2.24) is 0 Å². The molecule has 0 bridgehead atoms. The van der Waals surface area contributed by atoms with Gasteiger partial charge in [0.25, 0.3) is 5.69 Å². The van der Waals surface area contributed by atoms with Crippen LogP contribution in [0.25, 0.3) is 0 Å². The van der Waals surface area contributed by atoms with E-state index in [9.17, 15) is 14.9 Å². The Balaban J connectivity index is 1.71. The topological polar surface area (TPSA) is 103 Å². The summed E-state index contributed by atoms with van der Waals surface area (Å²) in [6, 6.07) is 8.94. The average molecular weight is 385 g/mol. The van der Waals surface area contributed by atoms with Crippen molar-refractivity contribution in [3.63, 3.8) is 0 Å². The Bertz CT molecular complexity index is 882. The Labute approximate surface area is 163 Å². The van der Waals surface area contributed by atoms with E-state index in [1.54, 1.807) is 6.92 Å². The van der Waals surface area contributed by atoms with Crippen molar-refractivity contribution in [3.8, 4) is 11.5 Å². The summed E-state index contributed by atoms with van der Waals surface area (Å²) < 4.78 is 11.5. The molecule has 2 aromatic carbocycles. The number of nitrogens with one attached hydrogen (secondary N) is 2. The van der Waals surface area contributed by atoms with E-state index in [1.165, 1.54) is 24.3 Å². The molecule has 2 aromatic rings. The SMILES string of the molecule is CCOc1cc2c(cc1NC(C)C(=O)Nc1ccc([N+](=O)[O-])cc1)OC(C)C2. The van der Waals surface area contributed by atoms with Gasteiger partial charge < -0.3 is 20.1 Å². The van der Waals surface area contributed by atoms with E-state index in [2.05, 4.69) is 10.6 Å².